The highest BCUT2D eigenvalue weighted by molar-refractivity contribution is 5.74. The van der Waals surface area contributed by atoms with Crippen LogP contribution in [0.1, 0.15) is 33.1 Å². The van der Waals surface area contributed by atoms with Gasteiger partial charge in [0.1, 0.15) is 0 Å². The molecule has 0 saturated heterocycles. The molecule has 1 fully saturated rings. The van der Waals surface area contributed by atoms with Crippen molar-refractivity contribution in [3.63, 3.8) is 0 Å². The van der Waals surface area contributed by atoms with Crippen LogP contribution in [0.2, 0.25) is 0 Å². The van der Waals surface area contributed by atoms with Crippen molar-refractivity contribution < 1.29 is 4.79 Å². The van der Waals surface area contributed by atoms with E-state index in [2.05, 4.69) is 24.5 Å². The Morgan fingerprint density at radius 2 is 2.25 bits per heavy atom. The summed E-state index contributed by atoms with van der Waals surface area (Å²) in [5.74, 6) is 0.682. The van der Waals surface area contributed by atoms with Crippen molar-refractivity contribution in [2.75, 3.05) is 6.54 Å². The lowest BCUT2D eigenvalue weighted by atomic mass is 10.3. The van der Waals surface area contributed by atoms with Gasteiger partial charge in [0.25, 0.3) is 0 Å². The van der Waals surface area contributed by atoms with Crippen LogP contribution in [0.5, 0.6) is 0 Å². The minimum Gasteiger partial charge on any atom is -0.338 e. The van der Waals surface area contributed by atoms with Gasteiger partial charge in [-0.15, -0.1) is 0 Å². The second kappa shape index (κ2) is 4.33. The number of carbonyl (C=O) groups is 1. The predicted molar refractivity (Wildman–Crippen MR) is 49.0 cm³/mol. The van der Waals surface area contributed by atoms with Gasteiger partial charge in [-0.2, -0.15) is 0 Å². The van der Waals surface area contributed by atoms with Gasteiger partial charge in [0, 0.05) is 12.6 Å². The smallest absolute Gasteiger partial charge is 0.315 e. The van der Waals surface area contributed by atoms with Gasteiger partial charge in [0.05, 0.1) is 0 Å². The van der Waals surface area contributed by atoms with E-state index in [0.29, 0.717) is 12.0 Å². The maximum Gasteiger partial charge on any atom is 0.315 e. The highest BCUT2D eigenvalue weighted by Gasteiger charge is 2.33. The Labute approximate surface area is 73.9 Å². The molecule has 1 saturated carbocycles. The quantitative estimate of drug-likeness (QED) is 0.617. The number of amides is 2. The largest absolute Gasteiger partial charge is 0.338 e. The molecule has 1 aliphatic rings. The molecule has 2 amide bonds. The molecule has 2 N–H and O–H groups in total. The molecular formula is C9H18N2O. The van der Waals surface area contributed by atoms with E-state index >= 15 is 0 Å². The van der Waals surface area contributed by atoms with Crippen molar-refractivity contribution in [2.45, 2.75) is 39.2 Å². The number of urea groups is 1. The first kappa shape index (κ1) is 9.36. The molecule has 0 spiro atoms. The molecule has 0 bridgehead atoms. The van der Waals surface area contributed by atoms with Crippen LogP contribution in [0.25, 0.3) is 0 Å². The Hall–Kier alpha value is -0.730. The minimum atomic E-state index is -0.00204. The first-order chi connectivity index (χ1) is 5.74. The van der Waals surface area contributed by atoms with E-state index in [9.17, 15) is 4.79 Å². The van der Waals surface area contributed by atoms with Crippen LogP contribution >= 0.6 is 0 Å². The zero-order valence-corrected chi connectivity index (χ0v) is 7.89. The standard InChI is InChI=1S/C9H18N2O/c1-3-4-5-10-9(12)11-8-6-7(8)2/h7-8H,3-6H2,1-2H3,(H2,10,11,12). The van der Waals surface area contributed by atoms with E-state index < -0.39 is 0 Å². The van der Waals surface area contributed by atoms with Crippen molar-refractivity contribution in [2.24, 2.45) is 5.92 Å². The number of hydrogen-bond donors (Lipinski definition) is 2. The summed E-state index contributed by atoms with van der Waals surface area (Å²) in [6.07, 6.45) is 3.33. The average Bonchev–Trinajstić information content (AvgIpc) is 2.67. The zero-order chi connectivity index (χ0) is 8.97. The molecule has 3 heteroatoms. The summed E-state index contributed by atoms with van der Waals surface area (Å²) in [5, 5.41) is 5.74. The lowest BCUT2D eigenvalue weighted by Gasteiger charge is -2.05. The summed E-state index contributed by atoms with van der Waals surface area (Å²) < 4.78 is 0. The van der Waals surface area contributed by atoms with E-state index in [1.165, 1.54) is 0 Å². The van der Waals surface area contributed by atoms with Crippen LogP contribution in [0, 0.1) is 5.92 Å². The Bertz CT molecular complexity index is 159. The van der Waals surface area contributed by atoms with E-state index in [1.807, 2.05) is 0 Å². The minimum absolute atomic E-state index is 0.00204. The second-order valence-corrected chi connectivity index (χ2v) is 3.57. The van der Waals surface area contributed by atoms with Crippen molar-refractivity contribution in [3.8, 4) is 0 Å². The number of hydrogen-bond acceptors (Lipinski definition) is 1. The number of rotatable bonds is 4. The van der Waals surface area contributed by atoms with Gasteiger partial charge in [0.15, 0.2) is 0 Å². The van der Waals surface area contributed by atoms with Gasteiger partial charge < -0.3 is 10.6 Å². The third kappa shape index (κ3) is 3.11. The van der Waals surface area contributed by atoms with E-state index in [4.69, 9.17) is 0 Å². The molecule has 12 heavy (non-hydrogen) atoms. The van der Waals surface area contributed by atoms with Crippen LogP contribution < -0.4 is 10.6 Å². The van der Waals surface area contributed by atoms with E-state index in [-0.39, 0.29) is 6.03 Å². The summed E-state index contributed by atoms with van der Waals surface area (Å²) in [5.41, 5.74) is 0. The maximum atomic E-state index is 11.1. The van der Waals surface area contributed by atoms with Gasteiger partial charge in [-0.3, -0.25) is 0 Å². The lowest BCUT2D eigenvalue weighted by Crippen LogP contribution is -2.37. The fraction of sp³-hybridized carbons (Fsp3) is 0.889. The molecule has 1 rings (SSSR count). The average molecular weight is 170 g/mol. The summed E-state index contributed by atoms with van der Waals surface area (Å²) >= 11 is 0. The summed E-state index contributed by atoms with van der Waals surface area (Å²) in [7, 11) is 0. The first-order valence-electron chi connectivity index (χ1n) is 4.78. The molecule has 2 atom stereocenters. The van der Waals surface area contributed by atoms with Crippen LogP contribution in [0.4, 0.5) is 4.79 Å². The molecule has 0 aromatic carbocycles. The third-order valence-corrected chi connectivity index (χ3v) is 2.24. The molecule has 3 nitrogen and oxygen atoms in total. The first-order valence-corrected chi connectivity index (χ1v) is 4.78. The van der Waals surface area contributed by atoms with Gasteiger partial charge in [0.2, 0.25) is 0 Å². The molecular weight excluding hydrogens is 152 g/mol. The van der Waals surface area contributed by atoms with Crippen molar-refractivity contribution in [3.05, 3.63) is 0 Å². The fourth-order valence-corrected chi connectivity index (χ4v) is 1.12. The molecule has 0 aromatic heterocycles. The molecule has 0 radical (unpaired) electrons. The fourth-order valence-electron chi connectivity index (χ4n) is 1.12. The highest BCUT2D eigenvalue weighted by Crippen LogP contribution is 2.28. The monoisotopic (exact) mass is 170 g/mol. The van der Waals surface area contributed by atoms with E-state index in [0.717, 1.165) is 25.8 Å². The Morgan fingerprint density at radius 1 is 1.58 bits per heavy atom. The molecule has 1 aliphatic carbocycles. The Kier molecular flexibility index (Phi) is 3.38. The van der Waals surface area contributed by atoms with Crippen LogP contribution in [-0.4, -0.2) is 18.6 Å². The number of unbranched alkanes of at least 4 members (excludes halogenated alkanes) is 1. The maximum absolute atomic E-state index is 11.1. The summed E-state index contributed by atoms with van der Waals surface area (Å²) in [6.45, 7) is 5.06. The SMILES string of the molecule is CCCCNC(=O)NC1CC1C. The van der Waals surface area contributed by atoms with E-state index in [1.54, 1.807) is 0 Å². The zero-order valence-electron chi connectivity index (χ0n) is 7.89. The van der Waals surface area contributed by atoms with Gasteiger partial charge in [-0.05, 0) is 18.8 Å². The summed E-state index contributed by atoms with van der Waals surface area (Å²) in [4.78, 5) is 11.1. The second-order valence-electron chi connectivity index (χ2n) is 3.57. The van der Waals surface area contributed by atoms with Gasteiger partial charge in [-0.1, -0.05) is 20.3 Å². The third-order valence-electron chi connectivity index (χ3n) is 2.24. The van der Waals surface area contributed by atoms with Crippen molar-refractivity contribution in [1.82, 2.24) is 10.6 Å². The lowest BCUT2D eigenvalue weighted by molar-refractivity contribution is 0.240. The molecule has 0 heterocycles. The molecule has 0 aliphatic heterocycles. The van der Waals surface area contributed by atoms with Gasteiger partial charge in [-0.25, -0.2) is 4.79 Å². The topological polar surface area (TPSA) is 41.1 Å². The highest BCUT2D eigenvalue weighted by atomic mass is 16.2. The molecule has 0 aromatic rings. The van der Waals surface area contributed by atoms with Crippen LogP contribution in [-0.2, 0) is 0 Å². The normalized spacial score (nSPS) is 26.5. The Morgan fingerprint density at radius 3 is 2.75 bits per heavy atom. The van der Waals surface area contributed by atoms with Crippen LogP contribution in [0.3, 0.4) is 0 Å². The summed E-state index contributed by atoms with van der Waals surface area (Å²) in [6, 6.07) is 0.435. The van der Waals surface area contributed by atoms with Crippen molar-refractivity contribution >= 4 is 6.03 Å². The number of nitrogens with one attached hydrogen (secondary N) is 2. The molecule has 2 unspecified atom stereocenters. The van der Waals surface area contributed by atoms with Crippen molar-refractivity contribution in [1.29, 1.82) is 0 Å². The van der Waals surface area contributed by atoms with Crippen LogP contribution in [0.15, 0.2) is 0 Å². The predicted octanol–water partition coefficient (Wildman–Crippen LogP) is 1.49. The number of carbonyl (C=O) groups excluding carboxylic acids is 1. The Balaban J connectivity index is 1.97. The molecule has 70 valence electrons. The van der Waals surface area contributed by atoms with Gasteiger partial charge >= 0.3 is 6.03 Å².